The second kappa shape index (κ2) is 7.82. The molecule has 3 unspecified atom stereocenters. The molecule has 1 saturated carbocycles. The lowest BCUT2D eigenvalue weighted by Gasteiger charge is -2.52. The van der Waals surface area contributed by atoms with Crippen LogP contribution >= 0.6 is 0 Å². The van der Waals surface area contributed by atoms with Crippen LogP contribution in [0.4, 0.5) is 0 Å². The Labute approximate surface area is 202 Å². The fourth-order valence-corrected chi connectivity index (χ4v) is 8.35. The molecule has 0 bridgehead atoms. The molecular formula is C19H28N2O12S2. The Morgan fingerprint density at radius 2 is 1.57 bits per heavy atom. The van der Waals surface area contributed by atoms with Crippen molar-refractivity contribution >= 4 is 38.1 Å². The van der Waals surface area contributed by atoms with Crippen molar-refractivity contribution in [2.45, 2.75) is 57.7 Å². The van der Waals surface area contributed by atoms with Gasteiger partial charge in [-0.1, -0.05) is 20.8 Å². The fourth-order valence-electron chi connectivity index (χ4n) is 6.18. The molecule has 6 atom stereocenters. The highest BCUT2D eigenvalue weighted by Gasteiger charge is 2.95. The SMILES string of the molecule is CC(C)(C)[C@]1(OS(=O)(=O)CCN)C[C@@H]2OC(=O)C[C@@]23C(=O)OC2OC(=O)C(OS(=O)(=O)CCN)C213. The normalized spacial score (nSPS) is 38.5. The predicted molar refractivity (Wildman–Crippen MR) is 114 cm³/mol. The molecule has 3 aliphatic heterocycles. The van der Waals surface area contributed by atoms with E-state index in [1.54, 1.807) is 20.8 Å². The Morgan fingerprint density at radius 1 is 0.971 bits per heavy atom. The van der Waals surface area contributed by atoms with Crippen molar-refractivity contribution in [1.82, 2.24) is 0 Å². The standard InChI is InChI=1S/C19H28N2O12S2/c1-16(2,3)18(33-35(27,28)7-5-21)8-10-17(9-11(22)29-10)14(24)31-15-19(17,18)12(13(23)30-15)32-34(25,26)6-4-20/h10,12,15H,4-9,20-21H2,1-3H3/t10-,12?,15?,17-,18+,19?/m0/s1. The van der Waals surface area contributed by atoms with Gasteiger partial charge >= 0.3 is 17.9 Å². The highest BCUT2D eigenvalue weighted by Crippen LogP contribution is 2.77. The Kier molecular flexibility index (Phi) is 5.86. The van der Waals surface area contributed by atoms with Crippen molar-refractivity contribution < 1.29 is 53.8 Å². The minimum Gasteiger partial charge on any atom is -0.461 e. The van der Waals surface area contributed by atoms with Crippen LogP contribution in [0, 0.1) is 16.2 Å². The highest BCUT2D eigenvalue weighted by atomic mass is 32.2. The lowest BCUT2D eigenvalue weighted by atomic mass is 9.52. The van der Waals surface area contributed by atoms with Gasteiger partial charge < -0.3 is 25.7 Å². The van der Waals surface area contributed by atoms with Crippen LogP contribution in [0.2, 0.25) is 0 Å². The third-order valence-corrected chi connectivity index (χ3v) is 9.88. The van der Waals surface area contributed by atoms with Crippen LogP contribution in [-0.4, -0.2) is 83.4 Å². The molecule has 4 rings (SSSR count). The van der Waals surface area contributed by atoms with Gasteiger partial charge in [-0.2, -0.15) is 16.8 Å². The molecule has 4 fully saturated rings. The Balaban J connectivity index is 2.06. The Hall–Kier alpha value is -1.85. The summed E-state index contributed by atoms with van der Waals surface area (Å²) in [4.78, 5) is 38.9. The fraction of sp³-hybridized carbons (Fsp3) is 0.842. The predicted octanol–water partition coefficient (Wildman–Crippen LogP) is -2.12. The summed E-state index contributed by atoms with van der Waals surface area (Å²) in [6.07, 6.45) is -6.23. The van der Waals surface area contributed by atoms with Crippen LogP contribution in [0.1, 0.15) is 33.6 Å². The molecule has 1 aliphatic carbocycles. The van der Waals surface area contributed by atoms with E-state index in [4.69, 9.17) is 34.0 Å². The van der Waals surface area contributed by atoms with Crippen LogP contribution in [0.25, 0.3) is 0 Å². The van der Waals surface area contributed by atoms with Gasteiger partial charge in [-0.3, -0.25) is 18.0 Å². The van der Waals surface area contributed by atoms with Gasteiger partial charge in [-0.15, -0.1) is 0 Å². The summed E-state index contributed by atoms with van der Waals surface area (Å²) in [6, 6.07) is 0. The van der Waals surface area contributed by atoms with Crippen molar-refractivity contribution in [3.63, 3.8) is 0 Å². The molecular weight excluding hydrogens is 512 g/mol. The van der Waals surface area contributed by atoms with Gasteiger partial charge in [0.05, 0.1) is 17.9 Å². The molecule has 3 heterocycles. The number of esters is 3. The molecule has 0 aromatic heterocycles. The smallest absolute Gasteiger partial charge is 0.340 e. The second-order valence-electron chi connectivity index (χ2n) is 10.1. The zero-order valence-electron chi connectivity index (χ0n) is 19.3. The number of nitrogens with two attached hydrogens (primary N) is 2. The zero-order valence-corrected chi connectivity index (χ0v) is 21.0. The largest absolute Gasteiger partial charge is 0.461 e. The van der Waals surface area contributed by atoms with E-state index in [1.807, 2.05) is 0 Å². The van der Waals surface area contributed by atoms with E-state index < -0.39 is 96.4 Å². The van der Waals surface area contributed by atoms with Crippen molar-refractivity contribution in [3.8, 4) is 0 Å². The molecule has 4 aliphatic rings. The third-order valence-electron chi connectivity index (χ3n) is 7.39. The van der Waals surface area contributed by atoms with E-state index in [0.29, 0.717) is 0 Å². The Bertz CT molecular complexity index is 1180. The van der Waals surface area contributed by atoms with Crippen LogP contribution in [0.3, 0.4) is 0 Å². The highest BCUT2D eigenvalue weighted by molar-refractivity contribution is 7.87. The molecule has 0 aromatic carbocycles. The quantitative estimate of drug-likeness (QED) is 0.248. The molecule has 14 nitrogen and oxygen atoms in total. The van der Waals surface area contributed by atoms with Crippen LogP contribution < -0.4 is 11.5 Å². The monoisotopic (exact) mass is 540 g/mol. The lowest BCUT2D eigenvalue weighted by molar-refractivity contribution is -0.207. The number of carbonyl (C=O) groups is 3. The van der Waals surface area contributed by atoms with E-state index in [0.717, 1.165) is 0 Å². The van der Waals surface area contributed by atoms with Gasteiger partial charge in [0.2, 0.25) is 0 Å². The second-order valence-corrected chi connectivity index (χ2v) is 13.5. The van der Waals surface area contributed by atoms with E-state index >= 15 is 0 Å². The first-order valence-electron chi connectivity index (χ1n) is 10.9. The molecule has 0 amide bonds. The van der Waals surface area contributed by atoms with Crippen molar-refractivity contribution in [3.05, 3.63) is 0 Å². The average Bonchev–Trinajstić information content (AvgIpc) is 3.29. The zero-order chi connectivity index (χ0) is 26.2. The molecule has 2 spiro atoms. The van der Waals surface area contributed by atoms with Crippen molar-refractivity contribution in [2.24, 2.45) is 27.7 Å². The molecule has 16 heteroatoms. The van der Waals surface area contributed by atoms with Gasteiger partial charge in [-0.25, -0.2) is 4.79 Å². The van der Waals surface area contributed by atoms with E-state index in [9.17, 15) is 31.2 Å². The number of rotatable bonds is 8. The summed E-state index contributed by atoms with van der Waals surface area (Å²) in [7, 11) is -8.91. The van der Waals surface area contributed by atoms with Crippen LogP contribution in [-0.2, 0) is 57.2 Å². The maximum absolute atomic E-state index is 13.4. The summed E-state index contributed by atoms with van der Waals surface area (Å²) in [5.74, 6) is -4.36. The first-order valence-corrected chi connectivity index (χ1v) is 14.0. The van der Waals surface area contributed by atoms with Crippen LogP contribution in [0.5, 0.6) is 0 Å². The molecule has 198 valence electrons. The maximum Gasteiger partial charge on any atom is 0.340 e. The minimum atomic E-state index is -4.49. The van der Waals surface area contributed by atoms with Gasteiger partial charge in [-0.05, 0) is 5.41 Å². The molecule has 35 heavy (non-hydrogen) atoms. The number of carbonyl (C=O) groups excluding carboxylic acids is 3. The molecule has 3 saturated heterocycles. The summed E-state index contributed by atoms with van der Waals surface area (Å²) in [5, 5.41) is 0. The summed E-state index contributed by atoms with van der Waals surface area (Å²) in [5.41, 5.74) is 3.26. The average molecular weight is 541 g/mol. The number of hydrogen-bond acceptors (Lipinski definition) is 14. The van der Waals surface area contributed by atoms with E-state index in [1.165, 1.54) is 0 Å². The Morgan fingerprint density at radius 3 is 2.14 bits per heavy atom. The van der Waals surface area contributed by atoms with Gasteiger partial charge in [0, 0.05) is 19.5 Å². The first-order chi connectivity index (χ1) is 16.0. The molecule has 0 aromatic rings. The summed E-state index contributed by atoms with van der Waals surface area (Å²) < 4.78 is 78.6. The summed E-state index contributed by atoms with van der Waals surface area (Å²) >= 11 is 0. The first kappa shape index (κ1) is 26.2. The number of hydrogen-bond donors (Lipinski definition) is 2. The summed E-state index contributed by atoms with van der Waals surface area (Å²) in [6.45, 7) is 4.06. The van der Waals surface area contributed by atoms with Crippen LogP contribution in [0.15, 0.2) is 0 Å². The van der Waals surface area contributed by atoms with Gasteiger partial charge in [0.15, 0.2) is 6.10 Å². The van der Waals surface area contributed by atoms with E-state index in [2.05, 4.69) is 0 Å². The van der Waals surface area contributed by atoms with Gasteiger partial charge in [0.1, 0.15) is 22.5 Å². The lowest BCUT2D eigenvalue weighted by Crippen LogP contribution is -2.67. The topological polar surface area (TPSA) is 218 Å². The molecule has 4 N–H and O–H groups in total. The third kappa shape index (κ3) is 3.30. The number of ether oxygens (including phenoxy) is 3. The van der Waals surface area contributed by atoms with E-state index in [-0.39, 0.29) is 19.5 Å². The van der Waals surface area contributed by atoms with Crippen molar-refractivity contribution in [1.29, 1.82) is 0 Å². The maximum atomic E-state index is 13.4. The molecule has 0 radical (unpaired) electrons. The van der Waals surface area contributed by atoms with Gasteiger partial charge in [0.25, 0.3) is 26.5 Å². The minimum absolute atomic E-state index is 0.307. The van der Waals surface area contributed by atoms with Crippen molar-refractivity contribution in [2.75, 3.05) is 24.6 Å².